The molecule has 0 saturated carbocycles. The van der Waals surface area contributed by atoms with Gasteiger partial charge in [0.05, 0.1) is 5.75 Å². The lowest BCUT2D eigenvalue weighted by molar-refractivity contribution is -0.113. The molecule has 1 rings (SSSR count). The van der Waals surface area contributed by atoms with Crippen molar-refractivity contribution in [3.63, 3.8) is 0 Å². The maximum atomic E-state index is 11.5. The molecular weight excluding hydrogens is 222 g/mol. The van der Waals surface area contributed by atoms with Gasteiger partial charge in [-0.3, -0.25) is 9.89 Å². The van der Waals surface area contributed by atoms with Gasteiger partial charge in [-0.05, 0) is 18.6 Å². The number of carbonyl (C=O) groups is 1. The molecule has 90 valence electrons. The van der Waals surface area contributed by atoms with Crippen LogP contribution in [0.25, 0.3) is 0 Å². The van der Waals surface area contributed by atoms with Crippen molar-refractivity contribution >= 4 is 23.5 Å². The number of carbonyl (C=O) groups excluding carboxylic acids is 1. The second kappa shape index (κ2) is 7.33. The summed E-state index contributed by atoms with van der Waals surface area (Å²) >= 11 is 1.67. The molecule has 0 radical (unpaired) electrons. The maximum Gasteiger partial charge on any atom is 0.235 e. The Kier molecular flexibility index (Phi) is 6.00. The summed E-state index contributed by atoms with van der Waals surface area (Å²) in [4.78, 5) is 11.5. The van der Waals surface area contributed by atoms with E-state index >= 15 is 0 Å². The largest absolute Gasteiger partial charge is 0.308 e. The lowest BCUT2D eigenvalue weighted by atomic mass is 10.3. The van der Waals surface area contributed by atoms with Crippen LogP contribution >= 0.6 is 11.8 Å². The average molecular weight is 241 g/mol. The highest BCUT2D eigenvalue weighted by atomic mass is 32.2. The summed E-state index contributed by atoms with van der Waals surface area (Å²) in [6.07, 6.45) is 3.24. The molecule has 5 heteroatoms. The summed E-state index contributed by atoms with van der Waals surface area (Å²) < 4.78 is 0. The van der Waals surface area contributed by atoms with Crippen LogP contribution in [0, 0.1) is 0 Å². The number of rotatable bonds is 7. The molecule has 0 bridgehead atoms. The van der Waals surface area contributed by atoms with Gasteiger partial charge in [-0.25, -0.2) is 0 Å². The van der Waals surface area contributed by atoms with E-state index in [4.69, 9.17) is 0 Å². The van der Waals surface area contributed by atoms with Gasteiger partial charge in [0.1, 0.15) is 0 Å². The Morgan fingerprint density at radius 1 is 1.56 bits per heavy atom. The SMILES string of the molecule is CCCCSCC(=O)Nc1cc(CC)[nH]n1. The highest BCUT2D eigenvalue weighted by molar-refractivity contribution is 7.99. The molecule has 1 aromatic heterocycles. The normalized spacial score (nSPS) is 10.4. The van der Waals surface area contributed by atoms with Crippen LogP contribution in [0.15, 0.2) is 6.07 Å². The van der Waals surface area contributed by atoms with Crippen LogP contribution in [0.4, 0.5) is 5.82 Å². The molecule has 1 heterocycles. The minimum atomic E-state index is 0.0234. The zero-order valence-corrected chi connectivity index (χ0v) is 10.7. The molecule has 0 aliphatic rings. The lowest BCUT2D eigenvalue weighted by Crippen LogP contribution is -2.14. The molecule has 16 heavy (non-hydrogen) atoms. The Balaban J connectivity index is 2.23. The molecule has 0 aliphatic carbocycles. The Labute approximate surface area is 101 Å². The maximum absolute atomic E-state index is 11.5. The van der Waals surface area contributed by atoms with Crippen molar-refractivity contribution in [3.8, 4) is 0 Å². The van der Waals surface area contributed by atoms with E-state index in [1.165, 1.54) is 12.8 Å². The minimum absolute atomic E-state index is 0.0234. The highest BCUT2D eigenvalue weighted by Gasteiger charge is 2.05. The zero-order valence-electron chi connectivity index (χ0n) is 9.88. The number of nitrogens with zero attached hydrogens (tertiary/aromatic N) is 1. The van der Waals surface area contributed by atoms with Crippen molar-refractivity contribution < 1.29 is 4.79 Å². The third-order valence-corrected chi connectivity index (χ3v) is 3.20. The third-order valence-electron chi connectivity index (χ3n) is 2.15. The summed E-state index contributed by atoms with van der Waals surface area (Å²) in [6, 6.07) is 1.87. The summed E-state index contributed by atoms with van der Waals surface area (Å²) in [7, 11) is 0. The highest BCUT2D eigenvalue weighted by Crippen LogP contribution is 2.08. The van der Waals surface area contributed by atoms with E-state index in [2.05, 4.69) is 22.4 Å². The molecule has 0 saturated heterocycles. The van der Waals surface area contributed by atoms with E-state index in [1.807, 2.05) is 13.0 Å². The molecule has 0 spiro atoms. The molecule has 2 N–H and O–H groups in total. The summed E-state index contributed by atoms with van der Waals surface area (Å²) in [5.41, 5.74) is 1.04. The summed E-state index contributed by atoms with van der Waals surface area (Å²) in [5.74, 6) is 2.20. The fraction of sp³-hybridized carbons (Fsp3) is 0.636. The predicted octanol–water partition coefficient (Wildman–Crippen LogP) is 2.44. The molecular formula is C11H19N3OS. The fourth-order valence-electron chi connectivity index (χ4n) is 1.20. The summed E-state index contributed by atoms with van der Waals surface area (Å²) in [5, 5.41) is 9.64. The number of aromatic nitrogens is 2. The monoisotopic (exact) mass is 241 g/mol. The van der Waals surface area contributed by atoms with Gasteiger partial charge in [-0.2, -0.15) is 16.9 Å². The zero-order chi connectivity index (χ0) is 11.8. The number of anilines is 1. The van der Waals surface area contributed by atoms with Crippen LogP contribution in [0.3, 0.4) is 0 Å². The first-order chi connectivity index (χ1) is 7.76. The number of hydrogen-bond donors (Lipinski definition) is 2. The van der Waals surface area contributed by atoms with Crippen molar-refractivity contribution in [2.24, 2.45) is 0 Å². The molecule has 0 aliphatic heterocycles. The van der Waals surface area contributed by atoms with Gasteiger partial charge in [-0.1, -0.05) is 20.3 Å². The Bertz CT molecular complexity index is 325. The Morgan fingerprint density at radius 2 is 2.38 bits per heavy atom. The standard InChI is InChI=1S/C11H19N3OS/c1-3-5-6-16-8-11(15)12-10-7-9(4-2)13-14-10/h7H,3-6,8H2,1-2H3,(H2,12,13,14,15). The van der Waals surface area contributed by atoms with E-state index in [1.54, 1.807) is 11.8 Å². The Morgan fingerprint density at radius 3 is 3.00 bits per heavy atom. The molecule has 0 aromatic carbocycles. The van der Waals surface area contributed by atoms with Crippen molar-refractivity contribution in [2.75, 3.05) is 16.8 Å². The van der Waals surface area contributed by atoms with Crippen LogP contribution in [0.1, 0.15) is 32.4 Å². The number of aromatic amines is 1. The third kappa shape index (κ3) is 4.70. The number of aryl methyl sites for hydroxylation is 1. The first kappa shape index (κ1) is 13.1. The first-order valence-corrected chi connectivity index (χ1v) is 6.83. The minimum Gasteiger partial charge on any atom is -0.308 e. The number of amides is 1. The van der Waals surface area contributed by atoms with E-state index in [0.29, 0.717) is 11.6 Å². The molecule has 4 nitrogen and oxygen atoms in total. The van der Waals surface area contributed by atoms with Gasteiger partial charge in [0.15, 0.2) is 5.82 Å². The van der Waals surface area contributed by atoms with Gasteiger partial charge in [0.25, 0.3) is 0 Å². The second-order valence-electron chi connectivity index (χ2n) is 3.59. The molecule has 0 fully saturated rings. The van der Waals surface area contributed by atoms with Crippen LogP contribution in [0.5, 0.6) is 0 Å². The van der Waals surface area contributed by atoms with Gasteiger partial charge in [0, 0.05) is 11.8 Å². The quantitative estimate of drug-likeness (QED) is 0.721. The van der Waals surface area contributed by atoms with Crippen molar-refractivity contribution in [2.45, 2.75) is 33.1 Å². The van der Waals surface area contributed by atoms with Crippen LogP contribution in [-0.2, 0) is 11.2 Å². The van der Waals surface area contributed by atoms with Crippen LogP contribution in [-0.4, -0.2) is 27.6 Å². The van der Waals surface area contributed by atoms with Crippen molar-refractivity contribution in [1.29, 1.82) is 0 Å². The number of nitrogens with one attached hydrogen (secondary N) is 2. The number of H-pyrrole nitrogens is 1. The summed E-state index contributed by atoms with van der Waals surface area (Å²) in [6.45, 7) is 4.19. The number of thioether (sulfide) groups is 1. The van der Waals surface area contributed by atoms with E-state index < -0.39 is 0 Å². The number of unbranched alkanes of at least 4 members (excludes halogenated alkanes) is 1. The van der Waals surface area contributed by atoms with Crippen molar-refractivity contribution in [3.05, 3.63) is 11.8 Å². The van der Waals surface area contributed by atoms with Gasteiger partial charge in [0.2, 0.25) is 5.91 Å². The molecule has 1 aromatic rings. The van der Waals surface area contributed by atoms with Gasteiger partial charge >= 0.3 is 0 Å². The van der Waals surface area contributed by atoms with Crippen LogP contribution < -0.4 is 5.32 Å². The average Bonchev–Trinajstić information content (AvgIpc) is 2.72. The smallest absolute Gasteiger partial charge is 0.235 e. The second-order valence-corrected chi connectivity index (χ2v) is 4.69. The lowest BCUT2D eigenvalue weighted by Gasteiger charge is -2.00. The fourth-order valence-corrected chi connectivity index (χ4v) is 2.09. The van der Waals surface area contributed by atoms with Gasteiger partial charge < -0.3 is 5.32 Å². The molecule has 1 amide bonds. The predicted molar refractivity (Wildman–Crippen MR) is 68.8 cm³/mol. The molecule has 0 unspecified atom stereocenters. The Hall–Kier alpha value is -0.970. The topological polar surface area (TPSA) is 57.8 Å². The van der Waals surface area contributed by atoms with E-state index in [9.17, 15) is 4.79 Å². The van der Waals surface area contributed by atoms with E-state index in [0.717, 1.165) is 17.9 Å². The van der Waals surface area contributed by atoms with Crippen molar-refractivity contribution in [1.82, 2.24) is 10.2 Å². The molecule has 0 atom stereocenters. The first-order valence-electron chi connectivity index (χ1n) is 5.68. The van der Waals surface area contributed by atoms with E-state index in [-0.39, 0.29) is 5.91 Å². The van der Waals surface area contributed by atoms with Crippen LogP contribution in [0.2, 0.25) is 0 Å². The van der Waals surface area contributed by atoms with Gasteiger partial charge in [-0.15, -0.1) is 0 Å². The number of hydrogen-bond acceptors (Lipinski definition) is 3.